The van der Waals surface area contributed by atoms with Crippen molar-refractivity contribution in [3.63, 3.8) is 0 Å². The van der Waals surface area contributed by atoms with Gasteiger partial charge in [-0.2, -0.15) is 11.8 Å². The van der Waals surface area contributed by atoms with E-state index in [0.717, 1.165) is 12.8 Å². The van der Waals surface area contributed by atoms with Gasteiger partial charge in [-0.15, -0.1) is 13.2 Å². The topological polar surface area (TPSA) is 32.3 Å². The van der Waals surface area contributed by atoms with E-state index in [1.165, 1.54) is 6.42 Å². The summed E-state index contributed by atoms with van der Waals surface area (Å²) in [4.78, 5) is 13.7. The van der Waals surface area contributed by atoms with Gasteiger partial charge in [-0.25, -0.2) is 4.79 Å². The van der Waals surface area contributed by atoms with E-state index in [0.29, 0.717) is 24.4 Å². The first kappa shape index (κ1) is 14.2. The Bertz CT molecular complexity index is 271. The minimum absolute atomic E-state index is 0.00319. The Balaban J connectivity index is 2.41. The molecule has 0 heterocycles. The highest BCUT2D eigenvalue weighted by Gasteiger charge is 2.26. The van der Waals surface area contributed by atoms with Crippen molar-refractivity contribution in [1.29, 1.82) is 0 Å². The molecule has 0 aliphatic heterocycles. The maximum absolute atomic E-state index is 12.0. The van der Waals surface area contributed by atoms with E-state index in [4.69, 9.17) is 0 Å². The SMILES string of the molecule is C=CCN(CC=C)C(=O)N[C@@H]1CC[C@H](SC)C1. The molecule has 2 atom stereocenters. The molecule has 1 rings (SSSR count). The monoisotopic (exact) mass is 254 g/mol. The third-order valence-corrected chi connectivity index (χ3v) is 4.13. The van der Waals surface area contributed by atoms with Gasteiger partial charge in [0, 0.05) is 24.4 Å². The summed E-state index contributed by atoms with van der Waals surface area (Å²) in [5.74, 6) is 0. The van der Waals surface area contributed by atoms with Crippen LogP contribution < -0.4 is 5.32 Å². The van der Waals surface area contributed by atoms with Crippen LogP contribution in [0.15, 0.2) is 25.3 Å². The summed E-state index contributed by atoms with van der Waals surface area (Å²) < 4.78 is 0. The molecule has 0 aromatic heterocycles. The maximum Gasteiger partial charge on any atom is 0.318 e. The van der Waals surface area contributed by atoms with E-state index in [9.17, 15) is 4.79 Å². The van der Waals surface area contributed by atoms with Crippen molar-refractivity contribution >= 4 is 17.8 Å². The van der Waals surface area contributed by atoms with Crippen LogP contribution in [-0.2, 0) is 0 Å². The van der Waals surface area contributed by atoms with Gasteiger partial charge in [0.1, 0.15) is 0 Å². The van der Waals surface area contributed by atoms with Crippen molar-refractivity contribution < 1.29 is 4.79 Å². The summed E-state index contributed by atoms with van der Waals surface area (Å²) in [5, 5.41) is 3.79. The Morgan fingerprint density at radius 3 is 2.53 bits per heavy atom. The molecule has 1 fully saturated rings. The Morgan fingerprint density at radius 1 is 1.41 bits per heavy atom. The number of amides is 2. The highest BCUT2D eigenvalue weighted by atomic mass is 32.2. The minimum Gasteiger partial charge on any atom is -0.335 e. The summed E-state index contributed by atoms with van der Waals surface area (Å²) in [6.45, 7) is 8.46. The normalized spacial score (nSPS) is 23.1. The Labute approximate surface area is 108 Å². The molecule has 0 saturated heterocycles. The van der Waals surface area contributed by atoms with Crippen LogP contribution in [0.3, 0.4) is 0 Å². The fourth-order valence-corrected chi connectivity index (χ4v) is 2.90. The summed E-state index contributed by atoms with van der Waals surface area (Å²) in [6.07, 6.45) is 8.99. The van der Waals surface area contributed by atoms with Crippen molar-refractivity contribution in [2.45, 2.75) is 30.6 Å². The third kappa shape index (κ3) is 4.46. The van der Waals surface area contributed by atoms with Gasteiger partial charge < -0.3 is 10.2 Å². The lowest BCUT2D eigenvalue weighted by molar-refractivity contribution is 0.204. The van der Waals surface area contributed by atoms with Crippen LogP contribution in [0.1, 0.15) is 19.3 Å². The predicted molar refractivity (Wildman–Crippen MR) is 75.4 cm³/mol. The van der Waals surface area contributed by atoms with Gasteiger partial charge in [0.25, 0.3) is 0 Å². The van der Waals surface area contributed by atoms with Crippen molar-refractivity contribution in [2.75, 3.05) is 19.3 Å². The number of hydrogen-bond acceptors (Lipinski definition) is 2. The lowest BCUT2D eigenvalue weighted by Crippen LogP contribution is -2.44. The molecule has 2 amide bonds. The van der Waals surface area contributed by atoms with Gasteiger partial charge in [-0.3, -0.25) is 0 Å². The highest BCUT2D eigenvalue weighted by molar-refractivity contribution is 7.99. The van der Waals surface area contributed by atoms with Gasteiger partial charge >= 0.3 is 6.03 Å². The zero-order chi connectivity index (χ0) is 12.7. The molecule has 4 heteroatoms. The Morgan fingerprint density at radius 2 is 2.06 bits per heavy atom. The number of carbonyl (C=O) groups is 1. The van der Waals surface area contributed by atoms with E-state index < -0.39 is 0 Å². The molecule has 0 unspecified atom stereocenters. The molecule has 0 radical (unpaired) electrons. The van der Waals surface area contributed by atoms with Crippen LogP contribution >= 0.6 is 11.8 Å². The van der Waals surface area contributed by atoms with Crippen LogP contribution in [0.2, 0.25) is 0 Å². The van der Waals surface area contributed by atoms with Crippen LogP contribution in [-0.4, -0.2) is 41.6 Å². The molecular formula is C13H22N2OS. The number of hydrogen-bond donors (Lipinski definition) is 1. The average Bonchev–Trinajstić information content (AvgIpc) is 2.76. The van der Waals surface area contributed by atoms with E-state index in [-0.39, 0.29) is 6.03 Å². The quantitative estimate of drug-likeness (QED) is 0.739. The third-order valence-electron chi connectivity index (χ3n) is 3.03. The molecule has 0 bridgehead atoms. The molecule has 96 valence electrons. The molecule has 0 spiro atoms. The number of urea groups is 1. The van der Waals surface area contributed by atoms with E-state index in [2.05, 4.69) is 24.7 Å². The number of nitrogens with zero attached hydrogens (tertiary/aromatic N) is 1. The first-order valence-electron chi connectivity index (χ1n) is 6.01. The largest absolute Gasteiger partial charge is 0.335 e. The zero-order valence-electron chi connectivity index (χ0n) is 10.5. The second-order valence-corrected chi connectivity index (χ2v) is 5.44. The molecule has 1 aliphatic carbocycles. The average molecular weight is 254 g/mol. The molecule has 1 saturated carbocycles. The first-order chi connectivity index (χ1) is 8.21. The summed E-state index contributed by atoms with van der Waals surface area (Å²) >= 11 is 1.89. The maximum atomic E-state index is 12.0. The molecule has 0 aromatic rings. The van der Waals surface area contributed by atoms with Crippen LogP contribution in [0.5, 0.6) is 0 Å². The van der Waals surface area contributed by atoms with Crippen molar-refractivity contribution in [3.05, 3.63) is 25.3 Å². The van der Waals surface area contributed by atoms with Crippen molar-refractivity contribution in [2.24, 2.45) is 0 Å². The van der Waals surface area contributed by atoms with Crippen LogP contribution in [0, 0.1) is 0 Å². The smallest absolute Gasteiger partial charge is 0.318 e. The van der Waals surface area contributed by atoms with Crippen molar-refractivity contribution in [1.82, 2.24) is 10.2 Å². The van der Waals surface area contributed by atoms with Crippen LogP contribution in [0.25, 0.3) is 0 Å². The molecular weight excluding hydrogens is 232 g/mol. The van der Waals surface area contributed by atoms with Gasteiger partial charge in [-0.1, -0.05) is 12.2 Å². The summed E-state index contributed by atoms with van der Waals surface area (Å²) in [7, 11) is 0. The van der Waals surface area contributed by atoms with Gasteiger partial charge in [0.2, 0.25) is 0 Å². The Kier molecular flexibility index (Phi) is 6.19. The minimum atomic E-state index is -0.00319. The lowest BCUT2D eigenvalue weighted by atomic mass is 10.2. The van der Waals surface area contributed by atoms with Gasteiger partial charge in [0.15, 0.2) is 0 Å². The van der Waals surface area contributed by atoms with E-state index >= 15 is 0 Å². The lowest BCUT2D eigenvalue weighted by Gasteiger charge is -2.22. The van der Waals surface area contributed by atoms with Gasteiger partial charge in [-0.05, 0) is 25.5 Å². The zero-order valence-corrected chi connectivity index (χ0v) is 11.3. The fraction of sp³-hybridized carbons (Fsp3) is 0.615. The number of rotatable bonds is 6. The van der Waals surface area contributed by atoms with Crippen molar-refractivity contribution in [3.8, 4) is 0 Å². The Hall–Kier alpha value is -0.900. The predicted octanol–water partition coefficient (Wildman–Crippen LogP) is 2.65. The molecule has 17 heavy (non-hydrogen) atoms. The number of thioether (sulfide) groups is 1. The number of nitrogens with one attached hydrogen (secondary N) is 1. The summed E-state index contributed by atoms with van der Waals surface area (Å²) in [5.41, 5.74) is 0. The van der Waals surface area contributed by atoms with E-state index in [1.54, 1.807) is 17.1 Å². The summed E-state index contributed by atoms with van der Waals surface area (Å²) in [6, 6.07) is 0.327. The second kappa shape index (κ2) is 7.43. The van der Waals surface area contributed by atoms with Gasteiger partial charge in [0.05, 0.1) is 0 Å². The molecule has 3 nitrogen and oxygen atoms in total. The first-order valence-corrected chi connectivity index (χ1v) is 7.30. The molecule has 1 aliphatic rings. The number of carbonyl (C=O) groups excluding carboxylic acids is 1. The van der Waals surface area contributed by atoms with Crippen LogP contribution in [0.4, 0.5) is 4.79 Å². The highest BCUT2D eigenvalue weighted by Crippen LogP contribution is 2.28. The van der Waals surface area contributed by atoms with E-state index in [1.807, 2.05) is 11.8 Å². The molecule has 1 N–H and O–H groups in total. The second-order valence-electron chi connectivity index (χ2n) is 4.30. The standard InChI is InChI=1S/C13H22N2OS/c1-4-8-15(9-5-2)13(16)14-11-6-7-12(10-11)17-3/h4-5,11-12H,1-2,6-10H2,3H3,(H,14,16)/t11-,12+/m1/s1. The fourth-order valence-electron chi connectivity index (χ4n) is 2.10. The molecule has 0 aromatic carbocycles.